The summed E-state index contributed by atoms with van der Waals surface area (Å²) in [7, 11) is 1.70. The average molecular weight is 219 g/mol. The zero-order chi connectivity index (χ0) is 12.0. The van der Waals surface area contributed by atoms with Gasteiger partial charge in [-0.05, 0) is 16.7 Å². The SMILES string of the molecule is COCC(C)(C)c1cccc(CN=[N+]=[N-])c1. The summed E-state index contributed by atoms with van der Waals surface area (Å²) >= 11 is 0. The molecule has 0 saturated carbocycles. The summed E-state index contributed by atoms with van der Waals surface area (Å²) in [6.07, 6.45) is 0. The van der Waals surface area contributed by atoms with E-state index in [1.807, 2.05) is 12.1 Å². The average Bonchev–Trinajstić information content (AvgIpc) is 2.27. The van der Waals surface area contributed by atoms with Crippen molar-refractivity contribution in [2.45, 2.75) is 25.8 Å². The van der Waals surface area contributed by atoms with Gasteiger partial charge in [-0.2, -0.15) is 0 Å². The maximum atomic E-state index is 8.28. The number of benzene rings is 1. The summed E-state index contributed by atoms with van der Waals surface area (Å²) in [6.45, 7) is 5.32. The van der Waals surface area contributed by atoms with E-state index in [1.54, 1.807) is 7.11 Å². The minimum atomic E-state index is -0.0267. The largest absolute Gasteiger partial charge is 0.384 e. The van der Waals surface area contributed by atoms with Crippen molar-refractivity contribution >= 4 is 0 Å². The Labute approximate surface area is 95.9 Å². The van der Waals surface area contributed by atoms with Crippen molar-refractivity contribution in [3.05, 3.63) is 45.8 Å². The Bertz CT molecular complexity index is 395. The van der Waals surface area contributed by atoms with E-state index >= 15 is 0 Å². The number of hydrogen-bond donors (Lipinski definition) is 0. The van der Waals surface area contributed by atoms with Crippen LogP contribution in [0.3, 0.4) is 0 Å². The lowest BCUT2D eigenvalue weighted by molar-refractivity contribution is 0.146. The third kappa shape index (κ3) is 3.26. The van der Waals surface area contributed by atoms with Gasteiger partial charge < -0.3 is 4.74 Å². The molecule has 0 spiro atoms. The van der Waals surface area contributed by atoms with E-state index in [0.717, 1.165) is 5.56 Å². The second-order valence-electron chi connectivity index (χ2n) is 4.41. The Morgan fingerprint density at radius 3 is 2.81 bits per heavy atom. The molecule has 0 saturated heterocycles. The third-order valence-electron chi connectivity index (χ3n) is 2.53. The quantitative estimate of drug-likeness (QED) is 0.425. The second-order valence-corrected chi connectivity index (χ2v) is 4.41. The molecule has 0 unspecified atom stereocenters. The molecule has 0 aliphatic carbocycles. The van der Waals surface area contributed by atoms with Crippen LogP contribution in [0.4, 0.5) is 0 Å². The van der Waals surface area contributed by atoms with Crippen molar-refractivity contribution in [2.24, 2.45) is 5.11 Å². The van der Waals surface area contributed by atoms with Crippen LogP contribution in [0.25, 0.3) is 10.4 Å². The van der Waals surface area contributed by atoms with Gasteiger partial charge in [0.1, 0.15) is 0 Å². The van der Waals surface area contributed by atoms with Crippen LogP contribution in [-0.4, -0.2) is 13.7 Å². The van der Waals surface area contributed by atoms with Crippen LogP contribution in [0.2, 0.25) is 0 Å². The fraction of sp³-hybridized carbons (Fsp3) is 0.500. The molecule has 1 aromatic rings. The molecule has 0 N–H and O–H groups in total. The predicted octanol–water partition coefficient (Wildman–Crippen LogP) is 3.42. The molecule has 0 radical (unpaired) electrons. The number of azide groups is 1. The minimum absolute atomic E-state index is 0.0267. The molecule has 0 amide bonds. The zero-order valence-electron chi connectivity index (χ0n) is 9.97. The van der Waals surface area contributed by atoms with E-state index in [2.05, 4.69) is 36.0 Å². The van der Waals surface area contributed by atoms with Crippen LogP contribution in [0.5, 0.6) is 0 Å². The molecule has 16 heavy (non-hydrogen) atoms. The molecular weight excluding hydrogens is 202 g/mol. The number of methoxy groups -OCH3 is 1. The molecule has 0 fully saturated rings. The fourth-order valence-corrected chi connectivity index (χ4v) is 1.65. The zero-order valence-corrected chi connectivity index (χ0v) is 9.97. The van der Waals surface area contributed by atoms with Crippen LogP contribution >= 0.6 is 0 Å². The highest BCUT2D eigenvalue weighted by Crippen LogP contribution is 2.24. The topological polar surface area (TPSA) is 58.0 Å². The van der Waals surface area contributed by atoms with Crippen molar-refractivity contribution in [3.63, 3.8) is 0 Å². The van der Waals surface area contributed by atoms with Crippen molar-refractivity contribution < 1.29 is 4.74 Å². The Kier molecular flexibility index (Phi) is 4.35. The van der Waals surface area contributed by atoms with E-state index in [0.29, 0.717) is 13.2 Å². The van der Waals surface area contributed by atoms with E-state index in [-0.39, 0.29) is 5.41 Å². The van der Waals surface area contributed by atoms with Gasteiger partial charge >= 0.3 is 0 Å². The van der Waals surface area contributed by atoms with Gasteiger partial charge in [0.05, 0.1) is 13.2 Å². The van der Waals surface area contributed by atoms with Gasteiger partial charge in [0.25, 0.3) is 0 Å². The normalized spacial score (nSPS) is 10.9. The summed E-state index contributed by atoms with van der Waals surface area (Å²) in [4.78, 5) is 2.76. The van der Waals surface area contributed by atoms with E-state index < -0.39 is 0 Å². The Morgan fingerprint density at radius 1 is 1.44 bits per heavy atom. The van der Waals surface area contributed by atoms with Gasteiger partial charge in [0.2, 0.25) is 0 Å². The number of hydrogen-bond acceptors (Lipinski definition) is 2. The van der Waals surface area contributed by atoms with E-state index in [1.165, 1.54) is 5.56 Å². The Balaban J connectivity index is 2.92. The first-order valence-corrected chi connectivity index (χ1v) is 5.19. The highest BCUT2D eigenvalue weighted by atomic mass is 16.5. The first kappa shape index (κ1) is 12.6. The molecule has 0 aliphatic rings. The van der Waals surface area contributed by atoms with Crippen molar-refractivity contribution in [1.82, 2.24) is 0 Å². The van der Waals surface area contributed by atoms with Gasteiger partial charge in [-0.25, -0.2) is 0 Å². The molecule has 0 aliphatic heterocycles. The molecule has 1 rings (SSSR count). The Hall–Kier alpha value is -1.51. The lowest BCUT2D eigenvalue weighted by atomic mass is 9.85. The molecular formula is C12H17N3O. The van der Waals surface area contributed by atoms with E-state index in [9.17, 15) is 0 Å². The van der Waals surface area contributed by atoms with Crippen LogP contribution < -0.4 is 0 Å². The van der Waals surface area contributed by atoms with Gasteiger partial charge in [0, 0.05) is 17.4 Å². The van der Waals surface area contributed by atoms with Crippen LogP contribution in [0.1, 0.15) is 25.0 Å². The summed E-state index contributed by atoms with van der Waals surface area (Å²) in [5.41, 5.74) is 10.5. The van der Waals surface area contributed by atoms with Gasteiger partial charge in [-0.1, -0.05) is 43.2 Å². The highest BCUT2D eigenvalue weighted by Gasteiger charge is 2.20. The van der Waals surface area contributed by atoms with E-state index in [4.69, 9.17) is 10.3 Å². The second kappa shape index (κ2) is 5.54. The predicted molar refractivity (Wildman–Crippen MR) is 64.2 cm³/mol. The van der Waals surface area contributed by atoms with Crippen molar-refractivity contribution in [1.29, 1.82) is 0 Å². The molecule has 4 nitrogen and oxygen atoms in total. The van der Waals surface area contributed by atoms with Crippen molar-refractivity contribution in [3.8, 4) is 0 Å². The number of rotatable bonds is 5. The monoisotopic (exact) mass is 219 g/mol. The summed E-state index contributed by atoms with van der Waals surface area (Å²) in [5.74, 6) is 0. The summed E-state index contributed by atoms with van der Waals surface area (Å²) < 4.78 is 5.20. The first-order chi connectivity index (χ1) is 7.60. The smallest absolute Gasteiger partial charge is 0.0553 e. The summed E-state index contributed by atoms with van der Waals surface area (Å²) in [5, 5.41) is 3.56. The van der Waals surface area contributed by atoms with Gasteiger partial charge in [0.15, 0.2) is 0 Å². The third-order valence-corrected chi connectivity index (χ3v) is 2.53. The molecule has 0 bridgehead atoms. The van der Waals surface area contributed by atoms with Crippen molar-refractivity contribution in [2.75, 3.05) is 13.7 Å². The molecule has 0 aromatic heterocycles. The Morgan fingerprint density at radius 2 is 2.19 bits per heavy atom. The highest BCUT2D eigenvalue weighted by molar-refractivity contribution is 5.29. The lowest BCUT2D eigenvalue weighted by Crippen LogP contribution is -2.23. The molecule has 0 heterocycles. The van der Waals surface area contributed by atoms with Crippen LogP contribution in [0.15, 0.2) is 29.4 Å². The number of nitrogens with zero attached hydrogens (tertiary/aromatic N) is 3. The first-order valence-electron chi connectivity index (χ1n) is 5.19. The molecule has 0 atom stereocenters. The van der Waals surface area contributed by atoms with Gasteiger partial charge in [-0.15, -0.1) is 0 Å². The maximum absolute atomic E-state index is 8.28. The lowest BCUT2D eigenvalue weighted by Gasteiger charge is -2.24. The summed E-state index contributed by atoms with van der Waals surface area (Å²) in [6, 6.07) is 8.07. The minimum Gasteiger partial charge on any atom is -0.384 e. The maximum Gasteiger partial charge on any atom is 0.0553 e. The number of ether oxygens (including phenoxy) is 1. The van der Waals surface area contributed by atoms with Crippen LogP contribution in [0, 0.1) is 0 Å². The fourth-order valence-electron chi connectivity index (χ4n) is 1.65. The standard InChI is InChI=1S/C12H17N3O/c1-12(2,9-16-3)11-6-4-5-10(7-11)8-14-15-13/h4-7H,8-9H2,1-3H3. The van der Waals surface area contributed by atoms with Gasteiger partial charge in [-0.3, -0.25) is 0 Å². The molecule has 86 valence electrons. The molecule has 4 heteroatoms. The molecule has 1 aromatic carbocycles. The van der Waals surface area contributed by atoms with Crippen LogP contribution in [-0.2, 0) is 16.7 Å².